The Morgan fingerprint density at radius 1 is 0.500 bits per heavy atom. The van der Waals surface area contributed by atoms with Crippen LogP contribution in [-0.4, -0.2) is 81.4 Å². The number of carbonyl (C=O) groups excluding carboxylic acids is 3. The van der Waals surface area contributed by atoms with E-state index in [1.807, 2.05) is 20.8 Å². The third-order valence-electron chi connectivity index (χ3n) is 6.96. The first kappa shape index (κ1) is 42.8. The summed E-state index contributed by atoms with van der Waals surface area (Å²) in [5.41, 5.74) is -0.372. The van der Waals surface area contributed by atoms with Gasteiger partial charge in [0.25, 0.3) is 0 Å². The molecule has 0 saturated carbocycles. The number of nitrogens with one attached hydrogen (secondary N) is 2. The number of alkyl halides is 1. The lowest BCUT2D eigenvalue weighted by Crippen LogP contribution is -2.28. The molecule has 0 radical (unpaired) electrons. The van der Waals surface area contributed by atoms with E-state index in [9.17, 15) is 14.4 Å². The lowest BCUT2D eigenvalue weighted by molar-refractivity contribution is -0.155. The van der Waals surface area contributed by atoms with Gasteiger partial charge in [-0.05, 0) is 33.6 Å². The molecule has 0 fully saturated rings. The number of ether oxygens (including phenoxy) is 4. The van der Waals surface area contributed by atoms with Crippen molar-refractivity contribution >= 4 is 33.7 Å². The van der Waals surface area contributed by atoms with Crippen LogP contribution in [0.4, 0.5) is 0 Å². The van der Waals surface area contributed by atoms with E-state index >= 15 is 0 Å². The lowest BCUT2D eigenvalue weighted by atomic mass is 10.0. The van der Waals surface area contributed by atoms with Gasteiger partial charge < -0.3 is 29.6 Å². The number of halogens is 1. The van der Waals surface area contributed by atoms with E-state index in [-0.39, 0.29) is 23.4 Å². The highest BCUT2D eigenvalue weighted by Crippen LogP contribution is 2.15. The molecular weight excluding hydrogens is 628 g/mol. The van der Waals surface area contributed by atoms with Gasteiger partial charge in [0.15, 0.2) is 0 Å². The van der Waals surface area contributed by atoms with Crippen molar-refractivity contribution < 1.29 is 33.3 Å². The Bertz CT molecular complexity index is 689. The molecule has 0 aromatic heterocycles. The van der Waals surface area contributed by atoms with Gasteiger partial charge in [-0.1, -0.05) is 106 Å². The van der Waals surface area contributed by atoms with Gasteiger partial charge in [0.2, 0.25) is 11.8 Å². The molecule has 0 aromatic carbocycles. The van der Waals surface area contributed by atoms with E-state index in [2.05, 4.69) is 26.6 Å². The van der Waals surface area contributed by atoms with E-state index in [0.29, 0.717) is 70.9 Å². The van der Waals surface area contributed by atoms with Crippen molar-refractivity contribution in [1.82, 2.24) is 10.6 Å². The molecule has 0 atom stereocenters. The van der Waals surface area contributed by atoms with Crippen LogP contribution in [-0.2, 0) is 33.3 Å². The molecule has 44 heavy (non-hydrogen) atoms. The van der Waals surface area contributed by atoms with Crippen LogP contribution in [0.5, 0.6) is 0 Å². The maximum atomic E-state index is 12.0. The highest BCUT2D eigenvalue weighted by atomic mass is 79.9. The fourth-order valence-corrected chi connectivity index (χ4v) is 4.82. The highest BCUT2D eigenvalue weighted by Gasteiger charge is 2.15. The minimum absolute atomic E-state index is 0.0536. The SMILES string of the molecule is CC(C)(C)OC(=O)CCCCCCCCCCCCCCCCCCC(=O)NCCOCCOCCOCCNC(=O)CBr. The van der Waals surface area contributed by atoms with Gasteiger partial charge in [-0.25, -0.2) is 0 Å². The zero-order valence-electron chi connectivity index (χ0n) is 28.3. The zero-order valence-corrected chi connectivity index (χ0v) is 29.9. The molecule has 0 bridgehead atoms. The average Bonchev–Trinajstić information content (AvgIpc) is 2.97. The molecule has 10 heteroatoms. The molecule has 0 rings (SSSR count). The minimum Gasteiger partial charge on any atom is -0.460 e. The maximum absolute atomic E-state index is 12.0. The predicted molar refractivity (Wildman–Crippen MR) is 181 cm³/mol. The fourth-order valence-electron chi connectivity index (χ4n) is 4.63. The van der Waals surface area contributed by atoms with Crippen LogP contribution in [0.1, 0.15) is 136 Å². The molecule has 0 aromatic rings. The van der Waals surface area contributed by atoms with E-state index < -0.39 is 0 Å². The monoisotopic (exact) mass is 692 g/mol. The Morgan fingerprint density at radius 3 is 1.23 bits per heavy atom. The lowest BCUT2D eigenvalue weighted by Gasteiger charge is -2.19. The molecule has 0 aliphatic carbocycles. The van der Waals surface area contributed by atoms with Gasteiger partial charge in [-0.2, -0.15) is 0 Å². The fraction of sp³-hybridized carbons (Fsp3) is 0.912. The van der Waals surface area contributed by atoms with Crippen LogP contribution in [0.25, 0.3) is 0 Å². The zero-order chi connectivity index (χ0) is 32.6. The third-order valence-corrected chi connectivity index (χ3v) is 7.47. The quantitative estimate of drug-likeness (QED) is 0.0442. The molecule has 2 N–H and O–H groups in total. The standard InChI is InChI=1S/C34H65BrN2O7/c1-34(2,3)44-33(40)21-19-17-15-13-11-9-7-5-4-6-8-10-12-14-16-18-20-31(38)36-22-24-41-26-28-43-29-27-42-25-23-37-32(39)30-35/h4-30H2,1-3H3,(H,36,38)(H,37,39). The number of amides is 2. The summed E-state index contributed by atoms with van der Waals surface area (Å²) in [7, 11) is 0. The molecule has 260 valence electrons. The first-order chi connectivity index (χ1) is 21.2. The highest BCUT2D eigenvalue weighted by molar-refractivity contribution is 9.09. The van der Waals surface area contributed by atoms with E-state index in [1.165, 1.54) is 77.0 Å². The Hall–Kier alpha value is -1.23. The Kier molecular flexibility index (Phi) is 30.9. The van der Waals surface area contributed by atoms with Crippen LogP contribution in [0, 0.1) is 0 Å². The summed E-state index contributed by atoms with van der Waals surface area (Å²) in [6, 6.07) is 0. The summed E-state index contributed by atoms with van der Waals surface area (Å²) < 4.78 is 21.6. The second-order valence-electron chi connectivity index (χ2n) is 12.4. The second kappa shape index (κ2) is 31.7. The van der Waals surface area contributed by atoms with E-state index in [0.717, 1.165) is 25.7 Å². The van der Waals surface area contributed by atoms with Crippen LogP contribution in [0.3, 0.4) is 0 Å². The Labute approximate surface area is 277 Å². The normalized spacial score (nSPS) is 11.5. The van der Waals surface area contributed by atoms with E-state index in [1.54, 1.807) is 0 Å². The van der Waals surface area contributed by atoms with Crippen molar-refractivity contribution in [2.24, 2.45) is 0 Å². The summed E-state index contributed by atoms with van der Waals surface area (Å²) in [5, 5.41) is 5.92. The van der Waals surface area contributed by atoms with Gasteiger partial charge >= 0.3 is 5.97 Å². The Morgan fingerprint density at radius 2 is 0.841 bits per heavy atom. The van der Waals surface area contributed by atoms with Crippen LogP contribution < -0.4 is 10.6 Å². The van der Waals surface area contributed by atoms with Gasteiger partial charge in [0, 0.05) is 25.9 Å². The summed E-state index contributed by atoms with van der Waals surface area (Å²) in [6.45, 7) is 9.64. The van der Waals surface area contributed by atoms with Gasteiger partial charge in [0.1, 0.15) is 5.60 Å². The second-order valence-corrected chi connectivity index (χ2v) is 13.0. The summed E-state index contributed by atoms with van der Waals surface area (Å²) in [4.78, 5) is 34.7. The summed E-state index contributed by atoms with van der Waals surface area (Å²) in [6.07, 6.45) is 21.0. The summed E-state index contributed by atoms with van der Waals surface area (Å²) in [5.74, 6) is -0.0173. The molecule has 0 aliphatic heterocycles. The summed E-state index contributed by atoms with van der Waals surface area (Å²) >= 11 is 3.08. The molecule has 2 amide bonds. The molecule has 0 heterocycles. The molecule has 0 spiro atoms. The third kappa shape index (κ3) is 35.3. The number of carbonyl (C=O) groups is 3. The first-order valence-electron chi connectivity index (χ1n) is 17.3. The number of hydrogen-bond donors (Lipinski definition) is 2. The smallest absolute Gasteiger partial charge is 0.306 e. The molecule has 0 unspecified atom stereocenters. The first-order valence-corrected chi connectivity index (χ1v) is 18.4. The molecule has 0 saturated heterocycles. The predicted octanol–water partition coefficient (Wildman–Crippen LogP) is 7.03. The van der Waals surface area contributed by atoms with Crippen molar-refractivity contribution in [1.29, 1.82) is 0 Å². The molecular formula is C34H65BrN2O7. The minimum atomic E-state index is -0.372. The van der Waals surface area contributed by atoms with Crippen molar-refractivity contribution in [3.05, 3.63) is 0 Å². The number of unbranched alkanes of at least 4 members (excludes halogenated alkanes) is 15. The Balaban J connectivity index is 3.22. The van der Waals surface area contributed by atoms with Gasteiger partial charge in [0.05, 0.1) is 45.0 Å². The van der Waals surface area contributed by atoms with Gasteiger partial charge in [-0.3, -0.25) is 14.4 Å². The van der Waals surface area contributed by atoms with Crippen LogP contribution >= 0.6 is 15.9 Å². The number of esters is 1. The largest absolute Gasteiger partial charge is 0.460 e. The molecule has 9 nitrogen and oxygen atoms in total. The van der Waals surface area contributed by atoms with Crippen molar-refractivity contribution in [2.45, 2.75) is 142 Å². The van der Waals surface area contributed by atoms with Crippen molar-refractivity contribution in [3.8, 4) is 0 Å². The topological polar surface area (TPSA) is 112 Å². The van der Waals surface area contributed by atoms with Crippen molar-refractivity contribution in [3.63, 3.8) is 0 Å². The molecule has 0 aliphatic rings. The van der Waals surface area contributed by atoms with E-state index in [4.69, 9.17) is 18.9 Å². The van der Waals surface area contributed by atoms with Crippen LogP contribution in [0.2, 0.25) is 0 Å². The van der Waals surface area contributed by atoms with Crippen LogP contribution in [0.15, 0.2) is 0 Å². The van der Waals surface area contributed by atoms with Crippen molar-refractivity contribution in [2.75, 3.05) is 58.1 Å². The average molecular weight is 694 g/mol. The number of hydrogen-bond acceptors (Lipinski definition) is 7. The number of rotatable bonds is 32. The van der Waals surface area contributed by atoms with Gasteiger partial charge in [-0.15, -0.1) is 0 Å². The maximum Gasteiger partial charge on any atom is 0.306 e.